The molecule has 0 saturated carbocycles. The molecule has 0 unspecified atom stereocenters. The molecule has 1 amide bonds. The number of rotatable bonds is 2. The minimum absolute atomic E-state index is 0.129. The third-order valence-corrected chi connectivity index (χ3v) is 3.49. The van der Waals surface area contributed by atoms with Crippen LogP contribution in [0.2, 0.25) is 0 Å². The van der Waals surface area contributed by atoms with Crippen LogP contribution in [0.25, 0.3) is 0 Å². The Balaban J connectivity index is 2.04. The molecule has 0 fully saturated rings. The fourth-order valence-corrected chi connectivity index (χ4v) is 2.25. The van der Waals surface area contributed by atoms with Gasteiger partial charge in [0.2, 0.25) is 0 Å². The van der Waals surface area contributed by atoms with Gasteiger partial charge in [-0.2, -0.15) is 0 Å². The normalized spacial score (nSPS) is 13.5. The third kappa shape index (κ3) is 2.76. The Bertz CT molecular complexity index is 787. The lowest BCUT2D eigenvalue weighted by Gasteiger charge is -2.08. The number of anilines is 1. The van der Waals surface area contributed by atoms with Crippen LogP contribution in [0.15, 0.2) is 41.4 Å². The van der Waals surface area contributed by atoms with Gasteiger partial charge in [-0.05, 0) is 42.8 Å². The number of benzene rings is 2. The van der Waals surface area contributed by atoms with Crippen molar-refractivity contribution in [3.8, 4) is 11.5 Å². The van der Waals surface area contributed by atoms with Crippen LogP contribution in [0.4, 0.5) is 11.4 Å². The second kappa shape index (κ2) is 5.69. The lowest BCUT2D eigenvalue weighted by molar-refractivity contribution is 0.102. The topological polar surface area (TPSA) is 76.7 Å². The van der Waals surface area contributed by atoms with Crippen molar-refractivity contribution >= 4 is 34.7 Å². The number of hydrogen-bond donors (Lipinski definition) is 2. The molecule has 22 heavy (non-hydrogen) atoms. The van der Waals surface area contributed by atoms with E-state index in [0.29, 0.717) is 28.4 Å². The maximum Gasteiger partial charge on any atom is 0.259 e. The summed E-state index contributed by atoms with van der Waals surface area (Å²) in [5.74, 6) is 1.25. The van der Waals surface area contributed by atoms with Crippen molar-refractivity contribution in [2.24, 2.45) is 10.7 Å². The molecule has 0 spiro atoms. The molecule has 1 aliphatic heterocycles. The first kappa shape index (κ1) is 14.4. The molecule has 0 bridgehead atoms. The molecule has 3 rings (SSSR count). The predicted octanol–water partition coefficient (Wildman–Crippen LogP) is 3.58. The van der Waals surface area contributed by atoms with Gasteiger partial charge >= 0.3 is 0 Å². The third-order valence-electron chi connectivity index (χ3n) is 3.22. The summed E-state index contributed by atoms with van der Waals surface area (Å²) >= 11 is 5.62. The Kier molecular flexibility index (Phi) is 3.73. The van der Waals surface area contributed by atoms with Crippen LogP contribution in [0, 0.1) is 6.92 Å². The van der Waals surface area contributed by atoms with Crippen molar-refractivity contribution in [2.45, 2.75) is 6.92 Å². The number of nitrogens with one attached hydrogen (secondary N) is 1. The zero-order chi connectivity index (χ0) is 15.7. The van der Waals surface area contributed by atoms with E-state index in [1.807, 2.05) is 25.1 Å². The van der Waals surface area contributed by atoms with E-state index < -0.39 is 0 Å². The van der Waals surface area contributed by atoms with E-state index in [-0.39, 0.29) is 17.6 Å². The van der Waals surface area contributed by atoms with Crippen molar-refractivity contribution in [1.82, 2.24) is 0 Å². The molecular weight excluding hydrogens is 302 g/mol. The summed E-state index contributed by atoms with van der Waals surface area (Å²) in [6.07, 6.45) is 0. The first-order chi connectivity index (χ1) is 10.6. The quantitative estimate of drug-likeness (QED) is 0.505. The Morgan fingerprint density at radius 3 is 2.82 bits per heavy atom. The van der Waals surface area contributed by atoms with Crippen LogP contribution in [0.1, 0.15) is 15.9 Å². The summed E-state index contributed by atoms with van der Waals surface area (Å²) in [5.41, 5.74) is 8.25. The Hall–Kier alpha value is -2.53. The molecule has 0 saturated heterocycles. The molecule has 3 N–H and O–H groups in total. The highest BCUT2D eigenvalue weighted by molar-refractivity contribution is 6.28. The predicted molar refractivity (Wildman–Crippen MR) is 87.7 cm³/mol. The molecular formula is C16H14ClN3O2. The number of aliphatic imine (C=N–C) groups is 1. The van der Waals surface area contributed by atoms with E-state index in [2.05, 4.69) is 10.3 Å². The average molecular weight is 316 g/mol. The summed E-state index contributed by atoms with van der Waals surface area (Å²) in [5, 5.41) is 2.84. The molecule has 112 valence electrons. The first-order valence-corrected chi connectivity index (χ1v) is 7.23. The summed E-state index contributed by atoms with van der Waals surface area (Å²) in [6.45, 7) is 1.95. The standard InChI is InChI=1S/C16H14ClN3O2/c1-9-2-4-14-12(6-9)20-16(21)11-7-10(19-15(18)8-17)3-5-13(11)22-14/h2-7H,8H2,1H3,(H2,18,19)(H,20,21). The summed E-state index contributed by atoms with van der Waals surface area (Å²) < 4.78 is 5.83. The number of fused-ring (bicyclic) bond motifs is 2. The average Bonchev–Trinajstić information content (AvgIpc) is 2.63. The summed E-state index contributed by atoms with van der Waals surface area (Å²) in [6, 6.07) is 10.7. The number of nitrogens with zero attached hydrogens (tertiary/aromatic N) is 1. The number of alkyl halides is 1. The Morgan fingerprint density at radius 2 is 2.05 bits per heavy atom. The number of halogens is 1. The SMILES string of the molecule is Cc1ccc2c(c1)NC(=O)c1cc(N=C(N)CCl)ccc1O2. The van der Waals surface area contributed by atoms with E-state index in [1.165, 1.54) is 0 Å². The molecule has 0 atom stereocenters. The van der Waals surface area contributed by atoms with Gasteiger partial charge in [-0.15, -0.1) is 11.6 Å². The number of nitrogens with two attached hydrogens (primary N) is 1. The number of hydrogen-bond acceptors (Lipinski definition) is 3. The lowest BCUT2D eigenvalue weighted by atomic mass is 10.1. The number of amidine groups is 1. The molecule has 1 aliphatic rings. The number of carbonyl (C=O) groups excluding carboxylic acids is 1. The molecule has 0 aromatic heterocycles. The fraction of sp³-hybridized carbons (Fsp3) is 0.125. The van der Waals surface area contributed by atoms with Crippen LogP contribution >= 0.6 is 11.6 Å². The van der Waals surface area contributed by atoms with E-state index in [4.69, 9.17) is 22.1 Å². The molecule has 0 radical (unpaired) electrons. The minimum Gasteiger partial charge on any atom is -0.454 e. The van der Waals surface area contributed by atoms with Crippen LogP contribution in [0.3, 0.4) is 0 Å². The van der Waals surface area contributed by atoms with Crippen molar-refractivity contribution < 1.29 is 9.53 Å². The first-order valence-electron chi connectivity index (χ1n) is 6.70. The molecule has 0 aliphatic carbocycles. The summed E-state index contributed by atoms with van der Waals surface area (Å²) in [7, 11) is 0. The van der Waals surface area contributed by atoms with Crippen molar-refractivity contribution in [2.75, 3.05) is 11.2 Å². The smallest absolute Gasteiger partial charge is 0.259 e. The monoisotopic (exact) mass is 315 g/mol. The molecule has 2 aromatic rings. The second-order valence-electron chi connectivity index (χ2n) is 4.97. The van der Waals surface area contributed by atoms with Gasteiger partial charge in [-0.25, -0.2) is 4.99 Å². The van der Waals surface area contributed by atoms with Gasteiger partial charge in [-0.1, -0.05) is 6.07 Å². The number of aryl methyl sites for hydroxylation is 1. The van der Waals surface area contributed by atoms with Crippen molar-refractivity contribution in [3.05, 3.63) is 47.5 Å². The lowest BCUT2D eigenvalue weighted by Crippen LogP contribution is -2.12. The van der Waals surface area contributed by atoms with Crippen LogP contribution in [0.5, 0.6) is 11.5 Å². The Labute approximate surface area is 132 Å². The van der Waals surface area contributed by atoms with Gasteiger partial charge in [0.05, 0.1) is 22.8 Å². The molecule has 2 aromatic carbocycles. The maximum absolute atomic E-state index is 12.4. The summed E-state index contributed by atoms with van der Waals surface area (Å²) in [4.78, 5) is 16.5. The van der Waals surface area contributed by atoms with Gasteiger partial charge in [0.15, 0.2) is 5.75 Å². The molecule has 1 heterocycles. The number of carbonyl (C=O) groups is 1. The van der Waals surface area contributed by atoms with Crippen LogP contribution in [-0.4, -0.2) is 17.6 Å². The zero-order valence-corrected chi connectivity index (χ0v) is 12.6. The van der Waals surface area contributed by atoms with Gasteiger partial charge < -0.3 is 15.8 Å². The highest BCUT2D eigenvalue weighted by Crippen LogP contribution is 2.37. The maximum atomic E-state index is 12.4. The molecule has 5 nitrogen and oxygen atoms in total. The van der Waals surface area contributed by atoms with Gasteiger partial charge in [-0.3, -0.25) is 4.79 Å². The largest absolute Gasteiger partial charge is 0.454 e. The van der Waals surface area contributed by atoms with Gasteiger partial charge in [0.1, 0.15) is 11.6 Å². The van der Waals surface area contributed by atoms with Gasteiger partial charge in [0, 0.05) is 0 Å². The highest BCUT2D eigenvalue weighted by atomic mass is 35.5. The highest BCUT2D eigenvalue weighted by Gasteiger charge is 2.21. The van der Waals surface area contributed by atoms with E-state index in [0.717, 1.165) is 5.56 Å². The van der Waals surface area contributed by atoms with E-state index >= 15 is 0 Å². The van der Waals surface area contributed by atoms with Crippen LogP contribution < -0.4 is 15.8 Å². The van der Waals surface area contributed by atoms with E-state index in [9.17, 15) is 4.79 Å². The number of amides is 1. The second-order valence-corrected chi connectivity index (χ2v) is 5.24. The zero-order valence-electron chi connectivity index (χ0n) is 11.9. The van der Waals surface area contributed by atoms with Crippen molar-refractivity contribution in [3.63, 3.8) is 0 Å². The van der Waals surface area contributed by atoms with Crippen LogP contribution in [-0.2, 0) is 0 Å². The Morgan fingerprint density at radius 1 is 1.27 bits per heavy atom. The van der Waals surface area contributed by atoms with Gasteiger partial charge in [0.25, 0.3) is 5.91 Å². The number of ether oxygens (including phenoxy) is 1. The fourth-order valence-electron chi connectivity index (χ4n) is 2.19. The molecule has 6 heteroatoms. The minimum atomic E-state index is -0.249. The van der Waals surface area contributed by atoms with Crippen molar-refractivity contribution in [1.29, 1.82) is 0 Å². The van der Waals surface area contributed by atoms with E-state index in [1.54, 1.807) is 18.2 Å².